The van der Waals surface area contributed by atoms with Crippen molar-refractivity contribution in [3.8, 4) is 5.75 Å². The molecule has 0 aliphatic heterocycles. The van der Waals surface area contributed by atoms with Crippen molar-refractivity contribution in [3.63, 3.8) is 0 Å². The molecule has 4 heteroatoms. The molecule has 0 aliphatic carbocycles. The fourth-order valence-electron chi connectivity index (χ4n) is 1.93. The summed E-state index contributed by atoms with van der Waals surface area (Å²) in [5.41, 5.74) is -0.00507. The molecule has 2 N–H and O–H groups in total. The Kier molecular flexibility index (Phi) is 4.73. The van der Waals surface area contributed by atoms with Gasteiger partial charge < -0.3 is 9.84 Å². The fourth-order valence-corrected chi connectivity index (χ4v) is 1.93. The number of ether oxygens (including phenoxy) is 1. The van der Waals surface area contributed by atoms with E-state index in [4.69, 9.17) is 4.74 Å². The lowest BCUT2D eigenvalue weighted by molar-refractivity contribution is -0.147. The summed E-state index contributed by atoms with van der Waals surface area (Å²) in [4.78, 5) is 11.7. The van der Waals surface area contributed by atoms with Crippen LogP contribution in [-0.4, -0.2) is 23.7 Å². The molecule has 4 nitrogen and oxygen atoms in total. The van der Waals surface area contributed by atoms with E-state index in [9.17, 15) is 9.90 Å². The first-order chi connectivity index (χ1) is 8.42. The third-order valence-corrected chi connectivity index (χ3v) is 2.95. The molecule has 0 radical (unpaired) electrons. The van der Waals surface area contributed by atoms with Crippen LogP contribution in [0.4, 0.5) is 0 Å². The SMILES string of the molecule is CCC(NC(C)(C)C(=O)OC)c1ccccc1O. The Morgan fingerprint density at radius 3 is 2.56 bits per heavy atom. The van der Waals surface area contributed by atoms with Gasteiger partial charge in [0.15, 0.2) is 0 Å². The highest BCUT2D eigenvalue weighted by Crippen LogP contribution is 2.27. The van der Waals surface area contributed by atoms with Crippen molar-refractivity contribution >= 4 is 5.97 Å². The highest BCUT2D eigenvalue weighted by atomic mass is 16.5. The van der Waals surface area contributed by atoms with Crippen LogP contribution in [0.2, 0.25) is 0 Å². The third kappa shape index (κ3) is 3.23. The maximum atomic E-state index is 11.7. The summed E-state index contributed by atoms with van der Waals surface area (Å²) in [6.45, 7) is 5.53. The number of benzene rings is 1. The molecule has 18 heavy (non-hydrogen) atoms. The lowest BCUT2D eigenvalue weighted by atomic mass is 9.98. The van der Waals surface area contributed by atoms with E-state index in [1.54, 1.807) is 26.0 Å². The number of aromatic hydroxyl groups is 1. The van der Waals surface area contributed by atoms with Gasteiger partial charge in [0.25, 0.3) is 0 Å². The zero-order valence-corrected chi connectivity index (χ0v) is 11.4. The number of para-hydroxylation sites is 1. The van der Waals surface area contributed by atoms with Gasteiger partial charge in [-0.25, -0.2) is 0 Å². The molecule has 100 valence electrons. The molecule has 1 atom stereocenters. The standard InChI is InChI=1S/C14H21NO3/c1-5-11(10-8-6-7-9-12(10)16)15-14(2,3)13(17)18-4/h6-9,11,15-16H,5H2,1-4H3. The number of carbonyl (C=O) groups is 1. The van der Waals surface area contributed by atoms with E-state index < -0.39 is 5.54 Å². The predicted octanol–water partition coefficient (Wildman–Crippen LogP) is 2.38. The van der Waals surface area contributed by atoms with Gasteiger partial charge in [-0.05, 0) is 26.3 Å². The zero-order chi connectivity index (χ0) is 13.8. The van der Waals surface area contributed by atoms with Gasteiger partial charge in [-0.2, -0.15) is 0 Å². The maximum Gasteiger partial charge on any atom is 0.325 e. The topological polar surface area (TPSA) is 58.6 Å². The van der Waals surface area contributed by atoms with Gasteiger partial charge >= 0.3 is 5.97 Å². The molecule has 0 heterocycles. The molecule has 1 rings (SSSR count). The monoisotopic (exact) mass is 251 g/mol. The van der Waals surface area contributed by atoms with Crippen LogP contribution in [0.3, 0.4) is 0 Å². The van der Waals surface area contributed by atoms with Crippen molar-refractivity contribution in [1.82, 2.24) is 5.32 Å². The van der Waals surface area contributed by atoms with Crippen molar-refractivity contribution < 1.29 is 14.6 Å². The van der Waals surface area contributed by atoms with Crippen LogP contribution in [0.15, 0.2) is 24.3 Å². The van der Waals surface area contributed by atoms with E-state index in [1.165, 1.54) is 7.11 Å². The number of methoxy groups -OCH3 is 1. The van der Waals surface area contributed by atoms with Crippen LogP contribution in [-0.2, 0) is 9.53 Å². The molecule has 0 aliphatic rings. The minimum Gasteiger partial charge on any atom is -0.508 e. The largest absolute Gasteiger partial charge is 0.508 e. The van der Waals surface area contributed by atoms with Gasteiger partial charge in [0.2, 0.25) is 0 Å². The van der Waals surface area contributed by atoms with E-state index in [1.807, 2.05) is 19.1 Å². The highest BCUT2D eigenvalue weighted by Gasteiger charge is 2.31. The van der Waals surface area contributed by atoms with Crippen LogP contribution >= 0.6 is 0 Å². The second kappa shape index (κ2) is 5.87. The first-order valence-electron chi connectivity index (χ1n) is 6.06. The quantitative estimate of drug-likeness (QED) is 0.789. The molecular weight excluding hydrogens is 230 g/mol. The van der Waals surface area contributed by atoms with Gasteiger partial charge in [0.05, 0.1) is 7.11 Å². The second-order valence-corrected chi connectivity index (χ2v) is 4.78. The summed E-state index contributed by atoms with van der Waals surface area (Å²) in [5.74, 6) is -0.0890. The Morgan fingerprint density at radius 1 is 1.44 bits per heavy atom. The smallest absolute Gasteiger partial charge is 0.325 e. The fraction of sp³-hybridized carbons (Fsp3) is 0.500. The van der Waals surface area contributed by atoms with E-state index in [-0.39, 0.29) is 17.8 Å². The number of hydrogen-bond donors (Lipinski definition) is 2. The zero-order valence-electron chi connectivity index (χ0n) is 11.4. The van der Waals surface area contributed by atoms with Gasteiger partial charge in [-0.1, -0.05) is 25.1 Å². The predicted molar refractivity (Wildman–Crippen MR) is 70.4 cm³/mol. The highest BCUT2D eigenvalue weighted by molar-refractivity contribution is 5.79. The Balaban J connectivity index is 2.93. The Morgan fingerprint density at radius 2 is 2.06 bits per heavy atom. The molecule has 0 fully saturated rings. The average Bonchev–Trinajstić information content (AvgIpc) is 2.35. The van der Waals surface area contributed by atoms with Crippen LogP contribution in [0.5, 0.6) is 5.75 Å². The van der Waals surface area contributed by atoms with Crippen LogP contribution in [0.1, 0.15) is 38.8 Å². The number of rotatable bonds is 5. The van der Waals surface area contributed by atoms with Crippen LogP contribution < -0.4 is 5.32 Å². The number of carbonyl (C=O) groups excluding carboxylic acids is 1. The molecule has 1 aromatic carbocycles. The summed E-state index contributed by atoms with van der Waals surface area (Å²) < 4.78 is 4.76. The van der Waals surface area contributed by atoms with E-state index in [2.05, 4.69) is 5.32 Å². The third-order valence-electron chi connectivity index (χ3n) is 2.95. The van der Waals surface area contributed by atoms with Crippen LogP contribution in [0, 0.1) is 0 Å². The van der Waals surface area contributed by atoms with Crippen molar-refractivity contribution in [1.29, 1.82) is 0 Å². The van der Waals surface area contributed by atoms with Crippen LogP contribution in [0.25, 0.3) is 0 Å². The normalized spacial score (nSPS) is 13.1. The summed E-state index contributed by atoms with van der Waals surface area (Å²) in [5, 5.41) is 13.1. The average molecular weight is 251 g/mol. The summed E-state index contributed by atoms with van der Waals surface area (Å²) in [7, 11) is 1.37. The van der Waals surface area contributed by atoms with Crippen molar-refractivity contribution in [3.05, 3.63) is 29.8 Å². The number of esters is 1. The Bertz CT molecular complexity index is 415. The summed E-state index contributed by atoms with van der Waals surface area (Å²) >= 11 is 0. The molecule has 0 spiro atoms. The van der Waals surface area contributed by atoms with Crippen molar-refractivity contribution in [2.75, 3.05) is 7.11 Å². The molecule has 0 aromatic heterocycles. The summed E-state index contributed by atoms with van der Waals surface area (Å²) in [6, 6.07) is 7.04. The second-order valence-electron chi connectivity index (χ2n) is 4.78. The Labute approximate surface area is 108 Å². The summed E-state index contributed by atoms with van der Waals surface area (Å²) in [6.07, 6.45) is 0.762. The molecular formula is C14H21NO3. The maximum absolute atomic E-state index is 11.7. The molecule has 1 unspecified atom stereocenters. The van der Waals surface area contributed by atoms with Gasteiger partial charge in [-0.15, -0.1) is 0 Å². The minimum absolute atomic E-state index is 0.0969. The molecule has 0 amide bonds. The van der Waals surface area contributed by atoms with Gasteiger partial charge in [0, 0.05) is 11.6 Å². The number of phenols is 1. The Hall–Kier alpha value is -1.55. The minimum atomic E-state index is -0.794. The van der Waals surface area contributed by atoms with E-state index in [0.717, 1.165) is 12.0 Å². The van der Waals surface area contributed by atoms with E-state index in [0.29, 0.717) is 0 Å². The van der Waals surface area contributed by atoms with Gasteiger partial charge in [0.1, 0.15) is 11.3 Å². The molecule has 0 saturated heterocycles. The number of nitrogens with one attached hydrogen (secondary N) is 1. The van der Waals surface area contributed by atoms with Crippen molar-refractivity contribution in [2.45, 2.75) is 38.8 Å². The molecule has 0 saturated carbocycles. The lowest BCUT2D eigenvalue weighted by Gasteiger charge is -2.29. The first kappa shape index (κ1) is 14.5. The molecule has 1 aromatic rings. The molecule has 0 bridgehead atoms. The number of phenolic OH excluding ortho intramolecular Hbond substituents is 1. The lowest BCUT2D eigenvalue weighted by Crippen LogP contribution is -2.48. The van der Waals surface area contributed by atoms with Crippen molar-refractivity contribution in [2.24, 2.45) is 0 Å². The van der Waals surface area contributed by atoms with Gasteiger partial charge in [-0.3, -0.25) is 10.1 Å². The van der Waals surface area contributed by atoms with E-state index >= 15 is 0 Å². The number of hydrogen-bond acceptors (Lipinski definition) is 4. The first-order valence-corrected chi connectivity index (χ1v) is 6.06.